The second kappa shape index (κ2) is 6.74. The van der Waals surface area contributed by atoms with E-state index in [1.807, 2.05) is 41.8 Å². The van der Waals surface area contributed by atoms with E-state index in [0.717, 1.165) is 14.2 Å². The lowest BCUT2D eigenvalue weighted by Gasteiger charge is -2.02. The topological polar surface area (TPSA) is 64.9 Å². The van der Waals surface area contributed by atoms with Gasteiger partial charge in [0.1, 0.15) is 6.04 Å². The van der Waals surface area contributed by atoms with Crippen LogP contribution in [-0.2, 0) is 5.75 Å². The van der Waals surface area contributed by atoms with Gasteiger partial charge in [0.2, 0.25) is 5.89 Å². The van der Waals surface area contributed by atoms with Crippen molar-refractivity contribution >= 4 is 39.0 Å². The van der Waals surface area contributed by atoms with Gasteiger partial charge in [-0.05, 0) is 39.5 Å². The number of hydrogen-bond donors (Lipinski definition) is 1. The Hall–Kier alpha value is -1.15. The average molecular weight is 382 g/mol. The van der Waals surface area contributed by atoms with Gasteiger partial charge in [-0.25, -0.2) is 0 Å². The third-order valence-corrected chi connectivity index (χ3v) is 5.77. The van der Waals surface area contributed by atoms with Crippen molar-refractivity contribution < 1.29 is 4.52 Å². The summed E-state index contributed by atoms with van der Waals surface area (Å²) < 4.78 is 6.33. The number of benzene rings is 1. The Morgan fingerprint density at radius 1 is 1.29 bits per heavy atom. The molecular weight excluding hydrogens is 370 g/mol. The van der Waals surface area contributed by atoms with Crippen molar-refractivity contribution in [2.45, 2.75) is 16.7 Å². The van der Waals surface area contributed by atoms with Gasteiger partial charge in [0, 0.05) is 14.2 Å². The van der Waals surface area contributed by atoms with Crippen LogP contribution in [0.4, 0.5) is 0 Å². The molecule has 0 aliphatic rings. The zero-order chi connectivity index (χ0) is 14.7. The van der Waals surface area contributed by atoms with E-state index in [9.17, 15) is 0 Å². The molecule has 2 aromatic heterocycles. The molecule has 1 atom stereocenters. The van der Waals surface area contributed by atoms with Crippen LogP contribution in [0, 0.1) is 0 Å². The maximum atomic E-state index is 6.11. The highest BCUT2D eigenvalue weighted by atomic mass is 79.9. The molecule has 0 aliphatic carbocycles. The minimum Gasteiger partial charge on any atom is -0.337 e. The van der Waals surface area contributed by atoms with E-state index in [-0.39, 0.29) is 6.04 Å². The first kappa shape index (κ1) is 14.8. The second-order valence-electron chi connectivity index (χ2n) is 4.26. The van der Waals surface area contributed by atoms with E-state index < -0.39 is 0 Å². The number of halogens is 1. The first-order valence-electron chi connectivity index (χ1n) is 6.23. The number of thiophene rings is 1. The fourth-order valence-electron chi connectivity index (χ4n) is 1.75. The molecule has 3 aromatic rings. The van der Waals surface area contributed by atoms with Crippen LogP contribution in [-0.4, -0.2) is 10.1 Å². The summed E-state index contributed by atoms with van der Waals surface area (Å²) in [6.07, 6.45) is 0. The van der Waals surface area contributed by atoms with E-state index in [4.69, 9.17) is 10.3 Å². The molecule has 0 saturated carbocycles. The largest absolute Gasteiger partial charge is 0.337 e. The summed E-state index contributed by atoms with van der Waals surface area (Å²) >= 11 is 6.76. The van der Waals surface area contributed by atoms with Crippen molar-refractivity contribution in [2.75, 3.05) is 0 Å². The van der Waals surface area contributed by atoms with Gasteiger partial charge in [-0.2, -0.15) is 4.98 Å². The van der Waals surface area contributed by atoms with Crippen LogP contribution in [0.25, 0.3) is 0 Å². The van der Waals surface area contributed by atoms with Gasteiger partial charge in [-0.1, -0.05) is 23.4 Å². The van der Waals surface area contributed by atoms with Crippen molar-refractivity contribution in [3.63, 3.8) is 0 Å². The Kier molecular flexibility index (Phi) is 4.74. The van der Waals surface area contributed by atoms with Crippen molar-refractivity contribution in [3.8, 4) is 0 Å². The lowest BCUT2D eigenvalue weighted by atomic mass is 10.2. The number of aromatic nitrogens is 2. The highest BCUT2D eigenvalue weighted by Gasteiger charge is 2.17. The van der Waals surface area contributed by atoms with Gasteiger partial charge in [-0.15, -0.1) is 23.1 Å². The van der Waals surface area contributed by atoms with Crippen molar-refractivity contribution in [3.05, 3.63) is 62.8 Å². The normalized spacial score (nSPS) is 12.5. The van der Waals surface area contributed by atoms with Crippen molar-refractivity contribution in [1.82, 2.24) is 10.1 Å². The van der Waals surface area contributed by atoms with Crippen LogP contribution in [0.3, 0.4) is 0 Å². The molecule has 1 aromatic carbocycles. The summed E-state index contributed by atoms with van der Waals surface area (Å²) in [4.78, 5) is 6.54. The summed E-state index contributed by atoms with van der Waals surface area (Å²) in [6, 6.07) is 11.6. The molecule has 0 aliphatic heterocycles. The van der Waals surface area contributed by atoms with Gasteiger partial charge in [0.05, 0.1) is 5.75 Å². The Morgan fingerprint density at radius 2 is 2.14 bits per heavy atom. The highest BCUT2D eigenvalue weighted by Crippen LogP contribution is 2.29. The minimum absolute atomic E-state index is 0.347. The fraction of sp³-hybridized carbons (Fsp3) is 0.143. The standard InChI is InChI=1S/C14H12BrN3OS2/c15-9-4-1-2-5-10(9)21-8-12-17-14(19-18-12)13(16)11-6-3-7-20-11/h1-7,13H,8,16H2. The number of hydrogen-bond acceptors (Lipinski definition) is 6. The van der Waals surface area contributed by atoms with Crippen molar-refractivity contribution in [2.24, 2.45) is 5.73 Å². The van der Waals surface area contributed by atoms with Crippen LogP contribution in [0.2, 0.25) is 0 Å². The van der Waals surface area contributed by atoms with Gasteiger partial charge >= 0.3 is 0 Å². The highest BCUT2D eigenvalue weighted by molar-refractivity contribution is 9.10. The molecule has 0 bridgehead atoms. The molecule has 2 N–H and O–H groups in total. The van der Waals surface area contributed by atoms with Crippen LogP contribution >= 0.6 is 39.0 Å². The maximum absolute atomic E-state index is 6.11. The molecule has 0 amide bonds. The third-order valence-electron chi connectivity index (χ3n) is 2.79. The summed E-state index contributed by atoms with van der Waals surface area (Å²) in [5, 5.41) is 5.98. The summed E-state index contributed by atoms with van der Waals surface area (Å²) in [5.74, 6) is 1.75. The predicted octanol–water partition coefficient (Wildman–Crippen LogP) is 4.23. The minimum atomic E-state index is -0.347. The molecule has 108 valence electrons. The van der Waals surface area contributed by atoms with Crippen LogP contribution in [0.5, 0.6) is 0 Å². The summed E-state index contributed by atoms with van der Waals surface area (Å²) in [5.41, 5.74) is 6.11. The summed E-state index contributed by atoms with van der Waals surface area (Å²) in [6.45, 7) is 0. The fourth-order valence-corrected chi connectivity index (χ4v) is 3.88. The van der Waals surface area contributed by atoms with E-state index in [2.05, 4.69) is 26.1 Å². The van der Waals surface area contributed by atoms with Crippen LogP contribution in [0.15, 0.2) is 55.7 Å². The number of rotatable bonds is 5. The quantitative estimate of drug-likeness (QED) is 0.669. The van der Waals surface area contributed by atoms with Crippen LogP contribution < -0.4 is 5.73 Å². The van der Waals surface area contributed by atoms with Gasteiger partial charge in [0.15, 0.2) is 5.82 Å². The lowest BCUT2D eigenvalue weighted by molar-refractivity contribution is 0.364. The molecule has 4 nitrogen and oxygen atoms in total. The zero-order valence-corrected chi connectivity index (χ0v) is 14.1. The molecule has 7 heteroatoms. The van der Waals surface area contributed by atoms with E-state index in [1.165, 1.54) is 0 Å². The number of nitrogens with zero attached hydrogens (tertiary/aromatic N) is 2. The first-order valence-corrected chi connectivity index (χ1v) is 8.88. The Bertz CT molecular complexity index is 715. The molecule has 3 rings (SSSR count). The van der Waals surface area contributed by atoms with E-state index >= 15 is 0 Å². The molecule has 0 saturated heterocycles. The SMILES string of the molecule is NC(c1nc(CSc2ccccc2Br)no1)c1cccs1. The molecule has 0 radical (unpaired) electrons. The zero-order valence-electron chi connectivity index (χ0n) is 10.9. The first-order chi connectivity index (χ1) is 10.2. The lowest BCUT2D eigenvalue weighted by Crippen LogP contribution is -2.10. The molecule has 1 unspecified atom stereocenters. The maximum Gasteiger partial charge on any atom is 0.249 e. The van der Waals surface area contributed by atoms with Crippen molar-refractivity contribution in [1.29, 1.82) is 0 Å². The van der Waals surface area contributed by atoms with E-state index in [0.29, 0.717) is 17.5 Å². The van der Waals surface area contributed by atoms with E-state index in [1.54, 1.807) is 23.1 Å². The summed E-state index contributed by atoms with van der Waals surface area (Å²) in [7, 11) is 0. The average Bonchev–Trinajstić information content (AvgIpc) is 3.17. The number of nitrogens with two attached hydrogens (primary N) is 1. The smallest absolute Gasteiger partial charge is 0.249 e. The Balaban J connectivity index is 1.67. The Labute approximate surface area is 138 Å². The molecule has 0 spiro atoms. The van der Waals surface area contributed by atoms with Gasteiger partial charge in [-0.3, -0.25) is 0 Å². The second-order valence-corrected chi connectivity index (χ2v) is 7.11. The monoisotopic (exact) mass is 381 g/mol. The Morgan fingerprint density at radius 3 is 2.90 bits per heavy atom. The molecule has 21 heavy (non-hydrogen) atoms. The third kappa shape index (κ3) is 3.55. The van der Waals surface area contributed by atoms with Crippen LogP contribution in [0.1, 0.15) is 22.6 Å². The van der Waals surface area contributed by atoms with Gasteiger partial charge in [0.25, 0.3) is 0 Å². The molecule has 0 fully saturated rings. The molecular formula is C14H12BrN3OS2. The number of thioether (sulfide) groups is 1. The predicted molar refractivity (Wildman–Crippen MR) is 88.4 cm³/mol. The van der Waals surface area contributed by atoms with Gasteiger partial charge < -0.3 is 10.3 Å². The molecule has 2 heterocycles.